The molecular formula is C11H12N2O2S. The van der Waals surface area contributed by atoms with E-state index >= 15 is 0 Å². The van der Waals surface area contributed by atoms with Crippen LogP contribution in [0.3, 0.4) is 0 Å². The smallest absolute Gasteiger partial charge is 0.246 e. The molecule has 1 aliphatic rings. The minimum Gasteiger partial charge on any atom is -0.440 e. The summed E-state index contributed by atoms with van der Waals surface area (Å²) in [5, 5.41) is 9.58. The summed E-state index contributed by atoms with van der Waals surface area (Å²) in [5.74, 6) is 1.40. The number of nitrogens with zero attached hydrogens (tertiary/aromatic N) is 2. The highest BCUT2D eigenvalue weighted by atomic mass is 32.1. The summed E-state index contributed by atoms with van der Waals surface area (Å²) < 4.78 is 9.88. The number of oxazole rings is 1. The Labute approximate surface area is 97.1 Å². The van der Waals surface area contributed by atoms with E-state index in [0.717, 1.165) is 24.3 Å². The van der Waals surface area contributed by atoms with E-state index in [1.165, 1.54) is 22.0 Å². The van der Waals surface area contributed by atoms with Crippen LogP contribution in [0.25, 0.3) is 11.6 Å². The molecule has 84 valence electrons. The van der Waals surface area contributed by atoms with Gasteiger partial charge in [0.15, 0.2) is 0 Å². The van der Waals surface area contributed by atoms with Crippen molar-refractivity contribution in [1.29, 1.82) is 0 Å². The molecule has 2 aromatic heterocycles. The largest absolute Gasteiger partial charge is 0.440 e. The highest BCUT2D eigenvalue weighted by Crippen LogP contribution is 2.33. The highest BCUT2D eigenvalue weighted by Gasteiger charge is 2.24. The molecule has 0 radical (unpaired) electrons. The van der Waals surface area contributed by atoms with Crippen LogP contribution in [0.5, 0.6) is 0 Å². The normalized spacial score (nSPS) is 19.8. The van der Waals surface area contributed by atoms with Crippen LogP contribution in [-0.2, 0) is 12.8 Å². The van der Waals surface area contributed by atoms with Crippen molar-refractivity contribution in [2.24, 2.45) is 0 Å². The molecule has 3 rings (SSSR count). The van der Waals surface area contributed by atoms with E-state index < -0.39 is 0 Å². The molecule has 1 atom stereocenters. The van der Waals surface area contributed by atoms with Crippen molar-refractivity contribution in [1.82, 2.24) is 9.36 Å². The van der Waals surface area contributed by atoms with Crippen LogP contribution in [0.2, 0.25) is 0 Å². The lowest BCUT2D eigenvalue weighted by atomic mass is 9.95. The third-order valence-corrected chi connectivity index (χ3v) is 3.75. The Morgan fingerprint density at radius 3 is 3.19 bits per heavy atom. The molecule has 0 saturated carbocycles. The molecule has 0 fully saturated rings. The Morgan fingerprint density at radius 1 is 1.56 bits per heavy atom. The maximum atomic E-state index is 9.58. The van der Waals surface area contributed by atoms with Gasteiger partial charge in [0.25, 0.3) is 0 Å². The molecule has 4 nitrogen and oxygen atoms in total. The lowest BCUT2D eigenvalue weighted by Crippen LogP contribution is -2.17. The van der Waals surface area contributed by atoms with Gasteiger partial charge in [0.1, 0.15) is 11.5 Å². The molecule has 1 unspecified atom stereocenters. The summed E-state index contributed by atoms with van der Waals surface area (Å²) in [7, 11) is 0. The van der Waals surface area contributed by atoms with Crippen LogP contribution >= 0.6 is 11.5 Å². The molecule has 0 aliphatic heterocycles. The van der Waals surface area contributed by atoms with Crippen molar-refractivity contribution in [3.8, 4) is 11.6 Å². The van der Waals surface area contributed by atoms with Crippen LogP contribution in [0.15, 0.2) is 10.6 Å². The van der Waals surface area contributed by atoms with Crippen molar-refractivity contribution in [2.45, 2.75) is 32.3 Å². The number of aryl methyl sites for hydroxylation is 1. The van der Waals surface area contributed by atoms with Gasteiger partial charge in [-0.15, -0.1) is 0 Å². The Bertz CT molecular complexity index is 518. The molecule has 0 amide bonds. The third-order valence-electron chi connectivity index (χ3n) is 2.84. The van der Waals surface area contributed by atoms with E-state index in [4.69, 9.17) is 4.42 Å². The molecule has 0 saturated heterocycles. The predicted octanol–water partition coefficient (Wildman–Crippen LogP) is 1.96. The van der Waals surface area contributed by atoms with E-state index in [9.17, 15) is 5.11 Å². The first-order valence-corrected chi connectivity index (χ1v) is 6.09. The van der Waals surface area contributed by atoms with Gasteiger partial charge in [0, 0.05) is 11.3 Å². The summed E-state index contributed by atoms with van der Waals surface area (Å²) in [6, 6.07) is 0. The molecule has 2 heterocycles. The van der Waals surface area contributed by atoms with Crippen molar-refractivity contribution in [3.05, 3.63) is 22.4 Å². The topological polar surface area (TPSA) is 59.2 Å². The van der Waals surface area contributed by atoms with Gasteiger partial charge in [-0.2, -0.15) is 4.37 Å². The number of aliphatic hydroxyl groups is 1. The Balaban J connectivity index is 2.03. The second kappa shape index (κ2) is 3.68. The van der Waals surface area contributed by atoms with Crippen LogP contribution < -0.4 is 0 Å². The fourth-order valence-electron chi connectivity index (χ4n) is 2.02. The first kappa shape index (κ1) is 9.99. The van der Waals surface area contributed by atoms with Crippen LogP contribution in [0.4, 0.5) is 0 Å². The molecule has 2 aromatic rings. The first-order valence-electron chi connectivity index (χ1n) is 5.32. The zero-order valence-corrected chi connectivity index (χ0v) is 9.75. The van der Waals surface area contributed by atoms with Crippen molar-refractivity contribution in [2.75, 3.05) is 0 Å². The van der Waals surface area contributed by atoms with Gasteiger partial charge in [0.2, 0.25) is 5.89 Å². The van der Waals surface area contributed by atoms with Gasteiger partial charge in [-0.05, 0) is 36.9 Å². The lowest BCUT2D eigenvalue weighted by Gasteiger charge is -2.16. The summed E-state index contributed by atoms with van der Waals surface area (Å²) in [4.78, 5) is 5.37. The second-order valence-electron chi connectivity index (χ2n) is 4.11. The number of rotatable bonds is 1. The van der Waals surface area contributed by atoms with Gasteiger partial charge >= 0.3 is 0 Å². The highest BCUT2D eigenvalue weighted by molar-refractivity contribution is 7.06. The average molecular weight is 236 g/mol. The summed E-state index contributed by atoms with van der Waals surface area (Å²) in [6.45, 7) is 1.87. The van der Waals surface area contributed by atoms with E-state index in [-0.39, 0.29) is 6.10 Å². The van der Waals surface area contributed by atoms with E-state index in [1.54, 1.807) is 6.20 Å². The van der Waals surface area contributed by atoms with Gasteiger partial charge in [-0.3, -0.25) is 0 Å². The molecule has 1 N–H and O–H groups in total. The standard InChI is InChI=1S/C11H12N2O2S/c1-6-5-12-11(15-6)10-8-3-2-7(14)4-9(8)16-13-10/h5,7,14H,2-4H2,1H3. The van der Waals surface area contributed by atoms with Crippen molar-refractivity contribution >= 4 is 11.5 Å². The van der Waals surface area contributed by atoms with Crippen molar-refractivity contribution < 1.29 is 9.52 Å². The second-order valence-corrected chi connectivity index (χ2v) is 4.96. The molecular weight excluding hydrogens is 224 g/mol. The number of hydrogen-bond acceptors (Lipinski definition) is 5. The van der Waals surface area contributed by atoms with E-state index in [2.05, 4.69) is 9.36 Å². The molecule has 0 bridgehead atoms. The molecule has 0 aromatic carbocycles. The number of hydrogen-bond donors (Lipinski definition) is 1. The monoisotopic (exact) mass is 236 g/mol. The Hall–Kier alpha value is -1.20. The summed E-state index contributed by atoms with van der Waals surface area (Å²) in [5.41, 5.74) is 2.07. The average Bonchev–Trinajstić information content (AvgIpc) is 2.83. The van der Waals surface area contributed by atoms with Gasteiger partial charge in [-0.25, -0.2) is 4.98 Å². The Morgan fingerprint density at radius 2 is 2.44 bits per heavy atom. The van der Waals surface area contributed by atoms with Crippen LogP contribution in [-0.4, -0.2) is 20.6 Å². The molecule has 16 heavy (non-hydrogen) atoms. The summed E-state index contributed by atoms with van der Waals surface area (Å²) in [6.07, 6.45) is 3.87. The number of aliphatic hydroxyl groups excluding tert-OH is 1. The van der Waals surface area contributed by atoms with E-state index in [1.807, 2.05) is 6.92 Å². The Kier molecular flexibility index (Phi) is 2.29. The molecule has 1 aliphatic carbocycles. The maximum Gasteiger partial charge on any atom is 0.246 e. The van der Waals surface area contributed by atoms with Gasteiger partial charge in [-0.1, -0.05) is 0 Å². The van der Waals surface area contributed by atoms with Crippen molar-refractivity contribution in [3.63, 3.8) is 0 Å². The maximum absolute atomic E-state index is 9.58. The SMILES string of the molecule is Cc1cnc(-c2nsc3c2CCC(O)C3)o1. The fourth-order valence-corrected chi connectivity index (χ4v) is 2.99. The lowest BCUT2D eigenvalue weighted by molar-refractivity contribution is 0.160. The number of fused-ring (bicyclic) bond motifs is 1. The van der Waals surface area contributed by atoms with Gasteiger partial charge < -0.3 is 9.52 Å². The van der Waals surface area contributed by atoms with Crippen LogP contribution in [0.1, 0.15) is 22.6 Å². The fraction of sp³-hybridized carbons (Fsp3) is 0.455. The minimum absolute atomic E-state index is 0.216. The van der Waals surface area contributed by atoms with E-state index in [0.29, 0.717) is 12.3 Å². The molecule has 0 spiro atoms. The third kappa shape index (κ3) is 1.56. The minimum atomic E-state index is -0.216. The summed E-state index contributed by atoms with van der Waals surface area (Å²) >= 11 is 1.45. The zero-order valence-electron chi connectivity index (χ0n) is 8.93. The number of aromatic nitrogens is 2. The quantitative estimate of drug-likeness (QED) is 0.822. The first-order chi connectivity index (χ1) is 7.74. The predicted molar refractivity (Wildman–Crippen MR) is 60.4 cm³/mol. The van der Waals surface area contributed by atoms with Gasteiger partial charge in [0.05, 0.1) is 12.3 Å². The molecule has 5 heteroatoms. The zero-order chi connectivity index (χ0) is 11.1. The van der Waals surface area contributed by atoms with Crippen LogP contribution in [0, 0.1) is 6.92 Å².